The molecule has 2 amide bonds. The number of esters is 2. The molecule has 0 unspecified atom stereocenters. The number of nitrogens with two attached hydrogens (primary N) is 2. The zero-order chi connectivity index (χ0) is 28.5. The summed E-state index contributed by atoms with van der Waals surface area (Å²) in [6.45, 7) is 5.20. The number of ether oxygens (including phenoxy) is 2. The van der Waals surface area contributed by atoms with Gasteiger partial charge in [-0.15, -0.1) is 0 Å². The normalized spacial score (nSPS) is 11.5. The number of nitrogens with one attached hydrogen (secondary N) is 1. The molecule has 0 saturated carbocycles. The number of rotatable bonds is 11. The summed E-state index contributed by atoms with van der Waals surface area (Å²) >= 11 is 0. The second-order valence-electron chi connectivity index (χ2n) is 8.41. The highest BCUT2D eigenvalue weighted by molar-refractivity contribution is 5.98. The minimum Gasteiger partial charge on any atom is -0.466 e. The number of hydrogen-bond donors (Lipinski definition) is 3. The average molecular weight is 538 g/mol. The first-order valence-electron chi connectivity index (χ1n) is 12.3. The van der Waals surface area contributed by atoms with E-state index in [4.69, 9.17) is 20.9 Å². The Kier molecular flexibility index (Phi) is 9.68. The Morgan fingerprint density at radius 3 is 2.28 bits per heavy atom. The van der Waals surface area contributed by atoms with Crippen molar-refractivity contribution in [2.24, 2.45) is 0 Å². The van der Waals surface area contributed by atoms with Gasteiger partial charge in [0.05, 0.1) is 31.0 Å². The van der Waals surface area contributed by atoms with Gasteiger partial charge in [-0.05, 0) is 56.7 Å². The first kappa shape index (κ1) is 28.8. The van der Waals surface area contributed by atoms with Crippen LogP contribution < -0.4 is 21.7 Å². The Hall–Kier alpha value is -4.81. The number of nitrogen functional groups attached to an aromatic ring is 2. The van der Waals surface area contributed by atoms with Crippen LogP contribution in [0.15, 0.2) is 36.4 Å². The Bertz CT molecular complexity index is 1360. The van der Waals surface area contributed by atoms with Crippen molar-refractivity contribution in [2.75, 3.05) is 29.6 Å². The van der Waals surface area contributed by atoms with Gasteiger partial charge >= 0.3 is 11.9 Å². The number of pyridine rings is 1. The highest BCUT2D eigenvalue weighted by Crippen LogP contribution is 2.21. The molecule has 0 radical (unpaired) electrons. The minimum absolute atomic E-state index is 0.0283. The van der Waals surface area contributed by atoms with Crippen molar-refractivity contribution in [3.05, 3.63) is 47.7 Å². The first-order valence-corrected chi connectivity index (χ1v) is 12.3. The maximum Gasteiger partial charge on any atom is 0.328 e. The van der Waals surface area contributed by atoms with Crippen LogP contribution in [0.4, 0.5) is 17.5 Å². The van der Waals surface area contributed by atoms with Crippen LogP contribution in [-0.4, -0.2) is 58.0 Å². The molecule has 2 aromatic heterocycles. The number of fused-ring (bicyclic) bond motifs is 1. The van der Waals surface area contributed by atoms with Gasteiger partial charge in [0.2, 0.25) is 11.9 Å². The molecule has 5 N–H and O–H groups in total. The van der Waals surface area contributed by atoms with Crippen LogP contribution in [-0.2, 0) is 30.4 Å². The number of carbonyl (C=O) groups is 4. The molecule has 13 heteroatoms. The van der Waals surface area contributed by atoms with Gasteiger partial charge in [-0.25, -0.2) is 14.8 Å². The van der Waals surface area contributed by atoms with Crippen LogP contribution in [0.1, 0.15) is 49.7 Å². The fourth-order valence-corrected chi connectivity index (χ4v) is 3.75. The molecule has 13 nitrogen and oxygen atoms in total. The standard InChI is InChI=1S/C26H31N7O6/c1-4-38-21(35)13-12-20(25(37)39-5-2)30-24(36)16-6-9-18(10-7-16)33(15(3)34)14-17-8-11-19-22(29-17)23(27)32-26(28)31-19/h6-11,20H,4-5,12-14H2,1-3H3,(H,30,36)(H4,27,28,31,32)/t20-/m0/s1. The van der Waals surface area contributed by atoms with Crippen molar-refractivity contribution in [1.29, 1.82) is 0 Å². The predicted molar refractivity (Wildman–Crippen MR) is 143 cm³/mol. The van der Waals surface area contributed by atoms with Gasteiger partial charge in [0, 0.05) is 24.6 Å². The molecule has 0 aliphatic heterocycles. The molecule has 39 heavy (non-hydrogen) atoms. The van der Waals surface area contributed by atoms with E-state index in [0.717, 1.165) is 0 Å². The van der Waals surface area contributed by atoms with Crippen molar-refractivity contribution in [3.8, 4) is 0 Å². The number of benzene rings is 1. The zero-order valence-corrected chi connectivity index (χ0v) is 22.0. The quantitative estimate of drug-likeness (QED) is 0.302. The maximum atomic E-state index is 12.9. The average Bonchev–Trinajstić information content (AvgIpc) is 2.90. The lowest BCUT2D eigenvalue weighted by atomic mass is 10.1. The Balaban J connectivity index is 1.74. The van der Waals surface area contributed by atoms with Crippen LogP contribution in [0.2, 0.25) is 0 Å². The van der Waals surface area contributed by atoms with Crippen molar-refractivity contribution in [2.45, 2.75) is 46.2 Å². The summed E-state index contributed by atoms with van der Waals surface area (Å²) in [4.78, 5) is 63.4. The number of aromatic nitrogens is 3. The molecule has 0 spiro atoms. The number of hydrogen-bond acceptors (Lipinski definition) is 11. The van der Waals surface area contributed by atoms with E-state index in [1.807, 2.05) is 0 Å². The van der Waals surface area contributed by atoms with Gasteiger partial charge in [-0.3, -0.25) is 14.4 Å². The Labute approximate surface area is 224 Å². The van der Waals surface area contributed by atoms with Crippen molar-refractivity contribution < 1.29 is 28.7 Å². The fourth-order valence-electron chi connectivity index (χ4n) is 3.75. The van der Waals surface area contributed by atoms with Crippen LogP contribution in [0.3, 0.4) is 0 Å². The molecule has 3 aromatic rings. The lowest BCUT2D eigenvalue weighted by Gasteiger charge is -2.21. The summed E-state index contributed by atoms with van der Waals surface area (Å²) in [5, 5.41) is 2.61. The third-order valence-electron chi connectivity index (χ3n) is 5.60. The molecule has 206 valence electrons. The predicted octanol–water partition coefficient (Wildman–Crippen LogP) is 1.75. The Morgan fingerprint density at radius 1 is 0.949 bits per heavy atom. The van der Waals surface area contributed by atoms with E-state index in [9.17, 15) is 19.2 Å². The van der Waals surface area contributed by atoms with Gasteiger partial charge in [-0.1, -0.05) is 0 Å². The fraction of sp³-hybridized carbons (Fsp3) is 0.346. The van der Waals surface area contributed by atoms with Crippen molar-refractivity contribution >= 4 is 52.2 Å². The highest BCUT2D eigenvalue weighted by Gasteiger charge is 2.24. The second kappa shape index (κ2) is 13.1. The summed E-state index contributed by atoms with van der Waals surface area (Å²) in [5.41, 5.74) is 13.7. The molecule has 0 aliphatic rings. The topological polar surface area (TPSA) is 193 Å². The number of anilines is 3. The summed E-state index contributed by atoms with van der Waals surface area (Å²) < 4.78 is 9.92. The molecule has 0 fully saturated rings. The number of amides is 2. The molecular weight excluding hydrogens is 506 g/mol. The van der Waals surface area contributed by atoms with Crippen LogP contribution in [0.5, 0.6) is 0 Å². The van der Waals surface area contributed by atoms with E-state index in [2.05, 4.69) is 20.3 Å². The van der Waals surface area contributed by atoms with E-state index in [1.165, 1.54) is 24.0 Å². The maximum absolute atomic E-state index is 12.9. The van der Waals surface area contributed by atoms with Gasteiger partial charge in [0.25, 0.3) is 5.91 Å². The Morgan fingerprint density at radius 2 is 1.64 bits per heavy atom. The van der Waals surface area contributed by atoms with E-state index in [0.29, 0.717) is 22.4 Å². The van der Waals surface area contributed by atoms with E-state index >= 15 is 0 Å². The molecule has 2 heterocycles. The largest absolute Gasteiger partial charge is 0.466 e. The first-order chi connectivity index (χ1) is 18.6. The summed E-state index contributed by atoms with van der Waals surface area (Å²) in [6, 6.07) is 8.63. The lowest BCUT2D eigenvalue weighted by Crippen LogP contribution is -2.42. The third-order valence-corrected chi connectivity index (χ3v) is 5.60. The van der Waals surface area contributed by atoms with E-state index in [-0.39, 0.29) is 55.8 Å². The molecule has 0 bridgehead atoms. The van der Waals surface area contributed by atoms with Gasteiger partial charge in [0.15, 0.2) is 5.82 Å². The van der Waals surface area contributed by atoms with E-state index in [1.54, 1.807) is 38.1 Å². The minimum atomic E-state index is -1.03. The van der Waals surface area contributed by atoms with Gasteiger partial charge in [0.1, 0.15) is 11.6 Å². The molecule has 1 aromatic carbocycles. The molecule has 1 atom stereocenters. The molecule has 0 saturated heterocycles. The number of nitrogens with zero attached hydrogens (tertiary/aromatic N) is 4. The van der Waals surface area contributed by atoms with Gasteiger partial charge in [-0.2, -0.15) is 4.98 Å². The third kappa shape index (κ3) is 7.60. The molecule has 3 rings (SSSR count). The highest BCUT2D eigenvalue weighted by atomic mass is 16.5. The SMILES string of the molecule is CCOC(=O)CC[C@H](NC(=O)c1ccc(N(Cc2ccc3nc(N)nc(N)c3n2)C(C)=O)cc1)C(=O)OCC. The van der Waals surface area contributed by atoms with Gasteiger partial charge < -0.3 is 31.2 Å². The summed E-state index contributed by atoms with van der Waals surface area (Å²) in [6.07, 6.45) is -0.0292. The second-order valence-corrected chi connectivity index (χ2v) is 8.41. The monoisotopic (exact) mass is 537 g/mol. The summed E-state index contributed by atoms with van der Waals surface area (Å²) in [5.74, 6) is -1.74. The number of carbonyl (C=O) groups excluding carboxylic acids is 4. The van der Waals surface area contributed by atoms with Crippen molar-refractivity contribution in [3.63, 3.8) is 0 Å². The molecular formula is C26H31N7O6. The molecule has 0 aliphatic carbocycles. The smallest absolute Gasteiger partial charge is 0.328 e. The van der Waals surface area contributed by atoms with Crippen molar-refractivity contribution in [1.82, 2.24) is 20.3 Å². The van der Waals surface area contributed by atoms with E-state index < -0.39 is 23.9 Å². The van der Waals surface area contributed by atoms with Crippen LogP contribution in [0, 0.1) is 0 Å². The van der Waals surface area contributed by atoms with Crippen LogP contribution >= 0.6 is 0 Å². The lowest BCUT2D eigenvalue weighted by molar-refractivity contribution is -0.146. The zero-order valence-electron chi connectivity index (χ0n) is 22.0. The van der Waals surface area contributed by atoms with Crippen LogP contribution in [0.25, 0.3) is 11.0 Å². The summed E-state index contributed by atoms with van der Waals surface area (Å²) in [7, 11) is 0.